The van der Waals surface area contributed by atoms with E-state index in [1.165, 1.54) is 16.8 Å². The molecule has 7 nitrogen and oxygen atoms in total. The average Bonchev–Trinajstić information content (AvgIpc) is 2.80. The van der Waals surface area contributed by atoms with Crippen LogP contribution in [0, 0.1) is 0 Å². The summed E-state index contributed by atoms with van der Waals surface area (Å²) in [5.41, 5.74) is 6.44. The number of carbonyl (C=O) groups is 2. The van der Waals surface area contributed by atoms with Crippen molar-refractivity contribution < 1.29 is 19.8 Å². The number of benzene rings is 1. The first-order valence-electron chi connectivity index (χ1n) is 6.57. The van der Waals surface area contributed by atoms with Crippen molar-refractivity contribution in [1.29, 1.82) is 0 Å². The van der Waals surface area contributed by atoms with Gasteiger partial charge in [-0.15, -0.1) is 0 Å². The summed E-state index contributed by atoms with van der Waals surface area (Å²) >= 11 is 0. The lowest BCUT2D eigenvalue weighted by molar-refractivity contribution is 0.0696. The van der Waals surface area contributed by atoms with E-state index in [9.17, 15) is 9.59 Å². The molecule has 0 spiro atoms. The maximum absolute atomic E-state index is 11.2. The predicted octanol–water partition coefficient (Wildman–Crippen LogP) is 2.15. The number of nitrogens with zero attached hydrogens (tertiary/aromatic N) is 2. The van der Waals surface area contributed by atoms with Crippen LogP contribution < -0.4 is 5.73 Å². The van der Waals surface area contributed by atoms with Crippen LogP contribution in [0.25, 0.3) is 5.69 Å². The molecule has 0 saturated carbocycles. The second-order valence-corrected chi connectivity index (χ2v) is 6.00. The fourth-order valence-corrected chi connectivity index (χ4v) is 1.95. The lowest BCUT2D eigenvalue weighted by atomic mass is 9.92. The van der Waals surface area contributed by atoms with E-state index >= 15 is 0 Å². The van der Waals surface area contributed by atoms with Gasteiger partial charge in [-0.2, -0.15) is 5.10 Å². The van der Waals surface area contributed by atoms with Crippen molar-refractivity contribution in [3.63, 3.8) is 0 Å². The molecule has 2 rings (SSSR count). The Morgan fingerprint density at radius 3 is 1.91 bits per heavy atom. The van der Waals surface area contributed by atoms with Crippen LogP contribution in [0.5, 0.6) is 0 Å². The van der Waals surface area contributed by atoms with Gasteiger partial charge in [-0.05, 0) is 18.2 Å². The van der Waals surface area contributed by atoms with E-state index < -0.39 is 11.9 Å². The van der Waals surface area contributed by atoms with E-state index in [2.05, 4.69) is 5.10 Å². The standard InChI is InChI=1S/C15H17N3O4/c1-15(2,3)11-7-12(16)18(17-11)10-5-8(13(19)20)4-9(6-10)14(21)22/h4-7H,16H2,1-3H3,(H,19,20)(H,21,22). The largest absolute Gasteiger partial charge is 0.478 e. The lowest BCUT2D eigenvalue weighted by Crippen LogP contribution is -2.13. The highest BCUT2D eigenvalue weighted by molar-refractivity contribution is 5.94. The van der Waals surface area contributed by atoms with Crippen molar-refractivity contribution in [2.45, 2.75) is 26.2 Å². The molecule has 2 aromatic rings. The SMILES string of the molecule is CC(C)(C)c1cc(N)n(-c2cc(C(=O)O)cc(C(=O)O)c2)n1. The number of hydrogen-bond acceptors (Lipinski definition) is 4. The molecule has 116 valence electrons. The Morgan fingerprint density at radius 2 is 1.55 bits per heavy atom. The van der Waals surface area contributed by atoms with Gasteiger partial charge in [-0.3, -0.25) is 0 Å². The van der Waals surface area contributed by atoms with Crippen molar-refractivity contribution in [3.8, 4) is 5.69 Å². The summed E-state index contributed by atoms with van der Waals surface area (Å²) in [6.07, 6.45) is 0. The van der Waals surface area contributed by atoms with Crippen LogP contribution in [0.1, 0.15) is 47.2 Å². The Morgan fingerprint density at radius 1 is 1.05 bits per heavy atom. The third-order valence-corrected chi connectivity index (χ3v) is 3.16. The summed E-state index contributed by atoms with van der Waals surface area (Å²) in [6, 6.07) is 5.46. The average molecular weight is 303 g/mol. The van der Waals surface area contributed by atoms with Gasteiger partial charge in [-0.25, -0.2) is 14.3 Å². The van der Waals surface area contributed by atoms with Crippen molar-refractivity contribution in [2.75, 3.05) is 5.73 Å². The minimum absolute atomic E-state index is 0.137. The van der Waals surface area contributed by atoms with E-state index in [4.69, 9.17) is 15.9 Å². The van der Waals surface area contributed by atoms with Crippen molar-refractivity contribution >= 4 is 17.8 Å². The second-order valence-electron chi connectivity index (χ2n) is 6.00. The van der Waals surface area contributed by atoms with Crippen LogP contribution in [-0.4, -0.2) is 31.9 Å². The number of anilines is 1. The normalized spacial score (nSPS) is 11.4. The maximum atomic E-state index is 11.2. The molecule has 0 aliphatic heterocycles. The summed E-state index contributed by atoms with van der Waals surface area (Å²) < 4.78 is 1.35. The highest BCUT2D eigenvalue weighted by atomic mass is 16.4. The van der Waals surface area contributed by atoms with Crippen LogP contribution >= 0.6 is 0 Å². The molecule has 1 heterocycles. The minimum atomic E-state index is -1.22. The molecule has 4 N–H and O–H groups in total. The number of carboxylic acids is 2. The molecule has 1 aromatic heterocycles. The molecule has 0 unspecified atom stereocenters. The highest BCUT2D eigenvalue weighted by Crippen LogP contribution is 2.25. The van der Waals surface area contributed by atoms with Gasteiger partial charge in [0, 0.05) is 11.5 Å². The molecular formula is C15H17N3O4. The Bertz CT molecular complexity index is 724. The number of nitrogens with two attached hydrogens (primary N) is 1. The Kier molecular flexibility index (Phi) is 3.66. The Labute approximate surface area is 127 Å². The molecule has 0 fully saturated rings. The van der Waals surface area contributed by atoms with E-state index in [1.807, 2.05) is 20.8 Å². The van der Waals surface area contributed by atoms with Gasteiger partial charge in [0.05, 0.1) is 22.5 Å². The topological polar surface area (TPSA) is 118 Å². The van der Waals surface area contributed by atoms with Gasteiger partial charge >= 0.3 is 11.9 Å². The first-order chi connectivity index (χ1) is 10.1. The zero-order valence-corrected chi connectivity index (χ0v) is 12.5. The molecule has 0 atom stereocenters. The molecule has 0 amide bonds. The van der Waals surface area contributed by atoms with Crippen LogP contribution in [0.2, 0.25) is 0 Å². The highest BCUT2D eigenvalue weighted by Gasteiger charge is 2.20. The summed E-state index contributed by atoms with van der Waals surface area (Å²) in [4.78, 5) is 22.3. The van der Waals surface area contributed by atoms with E-state index in [-0.39, 0.29) is 16.5 Å². The molecule has 0 radical (unpaired) electrons. The van der Waals surface area contributed by atoms with Gasteiger partial charge in [0.15, 0.2) is 0 Å². The van der Waals surface area contributed by atoms with Crippen molar-refractivity contribution in [1.82, 2.24) is 9.78 Å². The van der Waals surface area contributed by atoms with Crippen molar-refractivity contribution in [3.05, 3.63) is 41.1 Å². The van der Waals surface area contributed by atoms with Crippen LogP contribution in [-0.2, 0) is 5.41 Å². The number of nitrogen functional groups attached to an aromatic ring is 1. The molecule has 22 heavy (non-hydrogen) atoms. The zero-order chi connectivity index (χ0) is 16.7. The number of aromatic carboxylic acids is 2. The first kappa shape index (κ1) is 15.6. The smallest absolute Gasteiger partial charge is 0.335 e. The molecule has 1 aromatic carbocycles. The third-order valence-electron chi connectivity index (χ3n) is 3.16. The van der Waals surface area contributed by atoms with E-state index in [1.54, 1.807) is 6.07 Å². The van der Waals surface area contributed by atoms with Crippen LogP contribution in [0.3, 0.4) is 0 Å². The van der Waals surface area contributed by atoms with Crippen molar-refractivity contribution in [2.24, 2.45) is 0 Å². The van der Waals surface area contributed by atoms with Crippen LogP contribution in [0.4, 0.5) is 5.82 Å². The Hall–Kier alpha value is -2.83. The Balaban J connectivity index is 2.64. The molecule has 7 heteroatoms. The second kappa shape index (κ2) is 5.18. The minimum Gasteiger partial charge on any atom is -0.478 e. The monoisotopic (exact) mass is 303 g/mol. The summed E-state index contributed by atoms with van der Waals surface area (Å²) in [5, 5.41) is 22.6. The number of aromatic nitrogens is 2. The van der Waals surface area contributed by atoms with E-state index in [0.29, 0.717) is 11.5 Å². The predicted molar refractivity (Wildman–Crippen MR) is 80.6 cm³/mol. The van der Waals surface area contributed by atoms with Crippen LogP contribution in [0.15, 0.2) is 24.3 Å². The van der Waals surface area contributed by atoms with E-state index in [0.717, 1.165) is 11.8 Å². The number of carboxylic acid groups (broad SMARTS) is 2. The van der Waals surface area contributed by atoms with Gasteiger partial charge in [0.1, 0.15) is 5.82 Å². The maximum Gasteiger partial charge on any atom is 0.335 e. The summed E-state index contributed by atoms with van der Waals surface area (Å²) in [6.45, 7) is 5.90. The summed E-state index contributed by atoms with van der Waals surface area (Å²) in [7, 11) is 0. The molecule has 0 bridgehead atoms. The third kappa shape index (κ3) is 2.93. The van der Waals surface area contributed by atoms with Gasteiger partial charge in [-0.1, -0.05) is 20.8 Å². The fourth-order valence-electron chi connectivity index (χ4n) is 1.95. The van der Waals surface area contributed by atoms with Gasteiger partial charge < -0.3 is 15.9 Å². The number of rotatable bonds is 3. The fraction of sp³-hybridized carbons (Fsp3) is 0.267. The van der Waals surface area contributed by atoms with Gasteiger partial charge in [0.25, 0.3) is 0 Å². The molecular weight excluding hydrogens is 286 g/mol. The lowest BCUT2D eigenvalue weighted by Gasteiger charge is -2.14. The molecule has 0 aliphatic carbocycles. The zero-order valence-electron chi connectivity index (χ0n) is 12.5. The quantitative estimate of drug-likeness (QED) is 0.799. The summed E-state index contributed by atoms with van der Waals surface area (Å²) in [5.74, 6) is -2.12. The van der Waals surface area contributed by atoms with Gasteiger partial charge in [0.2, 0.25) is 0 Å². The number of hydrogen-bond donors (Lipinski definition) is 3. The molecule has 0 aliphatic rings. The first-order valence-corrected chi connectivity index (χ1v) is 6.57. The molecule has 0 saturated heterocycles.